The lowest BCUT2D eigenvalue weighted by atomic mass is 10.1. The van der Waals surface area contributed by atoms with Crippen molar-refractivity contribution < 1.29 is 0 Å². The minimum Gasteiger partial charge on any atom is -0.365 e. The lowest BCUT2D eigenvalue weighted by Gasteiger charge is -2.37. The van der Waals surface area contributed by atoms with Crippen LogP contribution in [0.1, 0.15) is 5.56 Å². The molecule has 0 atom stereocenters. The Morgan fingerprint density at radius 1 is 1.13 bits per heavy atom. The van der Waals surface area contributed by atoms with Gasteiger partial charge in [0.1, 0.15) is 0 Å². The molecule has 3 rings (SSSR count). The minimum atomic E-state index is 0. The minimum absolute atomic E-state index is 0. The molecule has 1 aromatic carbocycles. The molecule has 0 bridgehead atoms. The fraction of sp³-hybridized carbons (Fsp3) is 0.455. The van der Waals surface area contributed by atoms with Gasteiger partial charge in [0.25, 0.3) is 0 Å². The second-order valence-corrected chi connectivity index (χ2v) is 3.88. The second kappa shape index (κ2) is 5.06. The van der Waals surface area contributed by atoms with E-state index in [4.69, 9.17) is 0 Å². The van der Waals surface area contributed by atoms with Gasteiger partial charge in [0.15, 0.2) is 0 Å². The number of rotatable bonds is 1. The van der Waals surface area contributed by atoms with Gasteiger partial charge in [0.05, 0.1) is 6.04 Å². The first-order valence-electron chi connectivity index (χ1n) is 5.00. The second-order valence-electron chi connectivity index (χ2n) is 3.88. The molecular weight excluding hydrogens is 231 g/mol. The summed E-state index contributed by atoms with van der Waals surface area (Å²) in [7, 11) is 0. The molecule has 1 fully saturated rings. The molecule has 0 saturated carbocycles. The molecule has 0 radical (unpaired) electrons. The maximum absolute atomic E-state index is 3.33. The molecule has 0 amide bonds. The van der Waals surface area contributed by atoms with Crippen LogP contribution in [0.25, 0.3) is 0 Å². The monoisotopic (exact) mass is 246 g/mol. The zero-order valence-electron chi connectivity index (χ0n) is 8.48. The average Bonchev–Trinajstić information content (AvgIpc) is 2.47. The average molecular weight is 247 g/mol. The number of halogens is 2. The lowest BCUT2D eigenvalue weighted by molar-refractivity contribution is 0.420. The van der Waals surface area contributed by atoms with E-state index in [2.05, 4.69) is 34.5 Å². The summed E-state index contributed by atoms with van der Waals surface area (Å²) in [5.74, 6) is 0. The molecule has 0 aliphatic carbocycles. The lowest BCUT2D eigenvalue weighted by Crippen LogP contribution is -2.56. The van der Waals surface area contributed by atoms with Crippen molar-refractivity contribution in [3.63, 3.8) is 0 Å². The van der Waals surface area contributed by atoms with Crippen LogP contribution in [-0.2, 0) is 6.42 Å². The van der Waals surface area contributed by atoms with Gasteiger partial charge in [-0.2, -0.15) is 0 Å². The molecule has 1 N–H and O–H groups in total. The molecule has 2 heterocycles. The Morgan fingerprint density at radius 2 is 1.87 bits per heavy atom. The van der Waals surface area contributed by atoms with Crippen LogP contribution < -0.4 is 10.2 Å². The van der Waals surface area contributed by atoms with Gasteiger partial charge in [0.2, 0.25) is 0 Å². The highest BCUT2D eigenvalue weighted by molar-refractivity contribution is 5.85. The van der Waals surface area contributed by atoms with Crippen LogP contribution in [-0.4, -0.2) is 25.7 Å². The van der Waals surface area contributed by atoms with Crippen LogP contribution in [0.3, 0.4) is 0 Å². The number of benzene rings is 1. The molecule has 2 aliphatic rings. The number of nitrogens with zero attached hydrogens (tertiary/aromatic N) is 1. The fourth-order valence-electron chi connectivity index (χ4n) is 2.24. The standard InChI is InChI=1S/C11H14N2.2ClH/c1-2-4-11-9(3-1)5-6-13(11)10-7-12-8-10;;/h1-4,10,12H,5-8H2;2*1H. The summed E-state index contributed by atoms with van der Waals surface area (Å²) in [6.07, 6.45) is 1.23. The predicted octanol–water partition coefficient (Wildman–Crippen LogP) is 1.86. The topological polar surface area (TPSA) is 15.3 Å². The van der Waals surface area contributed by atoms with Crippen LogP contribution in [0.4, 0.5) is 5.69 Å². The number of hydrogen-bond acceptors (Lipinski definition) is 2. The molecule has 0 unspecified atom stereocenters. The Bertz CT molecular complexity index is 326. The molecule has 0 spiro atoms. The van der Waals surface area contributed by atoms with Gasteiger partial charge in [-0.1, -0.05) is 18.2 Å². The van der Waals surface area contributed by atoms with E-state index < -0.39 is 0 Å². The quantitative estimate of drug-likeness (QED) is 0.815. The highest BCUT2D eigenvalue weighted by Gasteiger charge is 2.29. The van der Waals surface area contributed by atoms with Gasteiger partial charge in [0, 0.05) is 25.3 Å². The van der Waals surface area contributed by atoms with Crippen LogP contribution in [0.15, 0.2) is 24.3 Å². The molecule has 1 aromatic rings. The highest BCUT2D eigenvalue weighted by Crippen LogP contribution is 2.29. The molecular formula is C11H16Cl2N2. The van der Waals surface area contributed by atoms with Crippen molar-refractivity contribution in [3.8, 4) is 0 Å². The Balaban J connectivity index is 0.000000562. The molecule has 15 heavy (non-hydrogen) atoms. The van der Waals surface area contributed by atoms with Crippen molar-refractivity contribution >= 4 is 30.5 Å². The van der Waals surface area contributed by atoms with Crippen LogP contribution in [0.2, 0.25) is 0 Å². The van der Waals surface area contributed by atoms with Crippen molar-refractivity contribution in [1.82, 2.24) is 5.32 Å². The van der Waals surface area contributed by atoms with Crippen LogP contribution in [0, 0.1) is 0 Å². The largest absolute Gasteiger partial charge is 0.365 e. The molecule has 0 aromatic heterocycles. The van der Waals surface area contributed by atoms with E-state index in [-0.39, 0.29) is 24.8 Å². The fourth-order valence-corrected chi connectivity index (χ4v) is 2.24. The van der Waals surface area contributed by atoms with Gasteiger partial charge >= 0.3 is 0 Å². The molecule has 84 valence electrons. The third-order valence-electron chi connectivity index (χ3n) is 3.12. The number of nitrogens with one attached hydrogen (secondary N) is 1. The normalized spacial score (nSPS) is 18.5. The zero-order chi connectivity index (χ0) is 8.67. The van der Waals surface area contributed by atoms with Crippen LogP contribution in [0.5, 0.6) is 0 Å². The first-order valence-corrected chi connectivity index (χ1v) is 5.00. The third kappa shape index (κ3) is 2.07. The SMILES string of the molecule is Cl.Cl.c1ccc2c(c1)CCN2C1CNC1. The Labute approximate surface area is 103 Å². The number of fused-ring (bicyclic) bond motifs is 1. The summed E-state index contributed by atoms with van der Waals surface area (Å²) in [5.41, 5.74) is 2.99. The summed E-state index contributed by atoms with van der Waals surface area (Å²) in [6, 6.07) is 9.54. The number of hydrogen-bond donors (Lipinski definition) is 1. The van der Waals surface area contributed by atoms with E-state index in [1.807, 2.05) is 0 Å². The first kappa shape index (κ1) is 12.6. The van der Waals surface area contributed by atoms with Gasteiger partial charge in [-0.05, 0) is 18.1 Å². The van der Waals surface area contributed by atoms with E-state index in [1.165, 1.54) is 24.2 Å². The van der Waals surface area contributed by atoms with Crippen molar-refractivity contribution in [1.29, 1.82) is 0 Å². The summed E-state index contributed by atoms with van der Waals surface area (Å²) in [6.45, 7) is 3.54. The van der Waals surface area contributed by atoms with Gasteiger partial charge < -0.3 is 10.2 Å². The number of anilines is 1. The van der Waals surface area contributed by atoms with Crippen molar-refractivity contribution in [2.45, 2.75) is 12.5 Å². The molecule has 1 saturated heterocycles. The number of para-hydroxylation sites is 1. The van der Waals surface area contributed by atoms with Gasteiger partial charge in [-0.3, -0.25) is 0 Å². The molecule has 4 heteroatoms. The van der Waals surface area contributed by atoms with Gasteiger partial charge in [-0.25, -0.2) is 0 Å². The maximum Gasteiger partial charge on any atom is 0.0539 e. The smallest absolute Gasteiger partial charge is 0.0539 e. The van der Waals surface area contributed by atoms with Gasteiger partial charge in [-0.15, -0.1) is 24.8 Å². The van der Waals surface area contributed by atoms with E-state index >= 15 is 0 Å². The van der Waals surface area contributed by atoms with E-state index in [1.54, 1.807) is 0 Å². The van der Waals surface area contributed by atoms with Crippen molar-refractivity contribution in [2.75, 3.05) is 24.5 Å². The third-order valence-corrected chi connectivity index (χ3v) is 3.12. The van der Waals surface area contributed by atoms with E-state index in [9.17, 15) is 0 Å². The molecule has 2 aliphatic heterocycles. The Morgan fingerprint density at radius 3 is 2.53 bits per heavy atom. The highest BCUT2D eigenvalue weighted by atomic mass is 35.5. The van der Waals surface area contributed by atoms with Crippen molar-refractivity contribution in [3.05, 3.63) is 29.8 Å². The van der Waals surface area contributed by atoms with E-state index in [0.717, 1.165) is 19.1 Å². The summed E-state index contributed by atoms with van der Waals surface area (Å²) in [5, 5.41) is 3.33. The Hall–Kier alpha value is -0.440. The first-order chi connectivity index (χ1) is 6.45. The summed E-state index contributed by atoms with van der Waals surface area (Å²) in [4.78, 5) is 2.55. The van der Waals surface area contributed by atoms with Crippen molar-refractivity contribution in [2.24, 2.45) is 0 Å². The summed E-state index contributed by atoms with van der Waals surface area (Å²) < 4.78 is 0. The summed E-state index contributed by atoms with van der Waals surface area (Å²) >= 11 is 0. The predicted molar refractivity (Wildman–Crippen MR) is 68.6 cm³/mol. The Kier molecular flexibility index (Phi) is 4.26. The zero-order valence-corrected chi connectivity index (χ0v) is 10.1. The van der Waals surface area contributed by atoms with E-state index in [0.29, 0.717) is 0 Å². The molecule has 2 nitrogen and oxygen atoms in total. The van der Waals surface area contributed by atoms with Crippen LogP contribution >= 0.6 is 24.8 Å². The maximum atomic E-state index is 3.33.